The molecule has 0 unspecified atom stereocenters. The van der Waals surface area contributed by atoms with Crippen LogP contribution in [0, 0.1) is 0 Å². The monoisotopic (exact) mass is 322 g/mol. The van der Waals surface area contributed by atoms with Crippen molar-refractivity contribution in [3.05, 3.63) is 30.1 Å². The molecule has 1 heterocycles. The summed E-state index contributed by atoms with van der Waals surface area (Å²) in [7, 11) is -3.50. The molecule has 0 radical (unpaired) electrons. The molecular formula is C10H15ClN4O4S. The lowest BCUT2D eigenvalue weighted by molar-refractivity contribution is -0.692. The minimum absolute atomic E-state index is 0. The summed E-state index contributed by atoms with van der Waals surface area (Å²) in [6.07, 6.45) is 3.09. The molecule has 10 heteroatoms. The van der Waals surface area contributed by atoms with Gasteiger partial charge in [0.15, 0.2) is 28.8 Å². The largest absolute Gasteiger partial charge is 1.00 e. The maximum atomic E-state index is 11.4. The van der Waals surface area contributed by atoms with E-state index < -0.39 is 27.4 Å². The molecule has 5 N–H and O–H groups in total. The van der Waals surface area contributed by atoms with Crippen LogP contribution in [0.25, 0.3) is 0 Å². The smallest absolute Gasteiger partial charge is 0.265 e. The number of aromatic nitrogens is 1. The molecule has 1 aromatic rings. The minimum Gasteiger partial charge on any atom is -1.00 e. The van der Waals surface area contributed by atoms with E-state index in [4.69, 9.17) is 11.6 Å². The number of amides is 2. The van der Waals surface area contributed by atoms with Gasteiger partial charge < -0.3 is 18.1 Å². The Bertz CT molecular complexity index is 573. The van der Waals surface area contributed by atoms with Crippen LogP contribution in [-0.2, 0) is 21.2 Å². The van der Waals surface area contributed by atoms with Crippen molar-refractivity contribution in [1.82, 2.24) is 5.43 Å². The van der Waals surface area contributed by atoms with Gasteiger partial charge in [-0.2, -0.15) is 0 Å². The van der Waals surface area contributed by atoms with Crippen LogP contribution in [-0.4, -0.2) is 31.7 Å². The molecule has 0 aliphatic heterocycles. The number of carbonyl (C=O) groups excluding carboxylic acids is 2. The van der Waals surface area contributed by atoms with Gasteiger partial charge in [-0.3, -0.25) is 15.0 Å². The molecule has 20 heavy (non-hydrogen) atoms. The number of pyridine rings is 1. The fourth-order valence-corrected chi connectivity index (χ4v) is 2.44. The highest BCUT2D eigenvalue weighted by molar-refractivity contribution is 7.92. The van der Waals surface area contributed by atoms with Crippen LogP contribution in [0.1, 0.15) is 10.4 Å². The average Bonchev–Trinajstić information content (AvgIpc) is 2.34. The number of primary amides is 1. The van der Waals surface area contributed by atoms with Crippen molar-refractivity contribution in [2.45, 2.75) is 6.54 Å². The number of hydrogen-bond donors (Lipinski definition) is 3. The van der Waals surface area contributed by atoms with Crippen molar-refractivity contribution in [2.75, 3.05) is 11.5 Å². The van der Waals surface area contributed by atoms with E-state index in [2.05, 4.69) is 0 Å². The van der Waals surface area contributed by atoms with Crippen LogP contribution >= 0.6 is 0 Å². The topological polar surface area (TPSA) is 136 Å². The molecular weight excluding hydrogens is 308 g/mol. The Kier molecular flexibility index (Phi) is 7.11. The van der Waals surface area contributed by atoms with Gasteiger partial charge in [0.1, 0.15) is 11.5 Å². The Hall–Kier alpha value is -1.71. The first-order chi connectivity index (χ1) is 8.84. The second-order valence-corrected chi connectivity index (χ2v) is 6.04. The van der Waals surface area contributed by atoms with E-state index in [1.54, 1.807) is 17.0 Å². The van der Waals surface area contributed by atoms with Gasteiger partial charge in [-0.15, -0.1) is 0 Å². The van der Waals surface area contributed by atoms with Gasteiger partial charge in [0.25, 0.3) is 5.91 Å². The number of nitrogens with one attached hydrogen (secondary N) is 1. The number of carbonyl (C=O) groups is 2. The molecule has 0 saturated heterocycles. The molecule has 2 amide bonds. The van der Waals surface area contributed by atoms with Crippen LogP contribution < -0.4 is 34.0 Å². The number of halogens is 1. The molecule has 112 valence electrons. The standard InChI is InChI=1S/C10H14N4O4S.ClH/c11-9(15)7-19(17,18)6-5-14-3-1-8(2-4-14)10(16)13-12;/h1-4,12H,5-7H2,(H3,11,15,16);1H. The Morgan fingerprint density at radius 3 is 2.25 bits per heavy atom. The number of nitrogens with two attached hydrogens (primary N) is 2. The van der Waals surface area contributed by atoms with Crippen molar-refractivity contribution < 1.29 is 35.0 Å². The van der Waals surface area contributed by atoms with Gasteiger partial charge in [0.05, 0.1) is 5.56 Å². The van der Waals surface area contributed by atoms with Gasteiger partial charge in [-0.1, -0.05) is 0 Å². The Morgan fingerprint density at radius 1 is 1.25 bits per heavy atom. The number of aryl methyl sites for hydroxylation is 1. The van der Waals surface area contributed by atoms with Crippen LogP contribution in [0.2, 0.25) is 0 Å². The number of hydrazine groups is 1. The number of rotatable bonds is 6. The fraction of sp³-hybridized carbons (Fsp3) is 0.300. The highest BCUT2D eigenvalue weighted by Gasteiger charge is 2.17. The Labute approximate surface area is 122 Å². The minimum atomic E-state index is -3.50. The van der Waals surface area contributed by atoms with Crippen LogP contribution in [0.15, 0.2) is 24.5 Å². The lowest BCUT2D eigenvalue weighted by Gasteiger charge is -2.01. The predicted molar refractivity (Wildman–Crippen MR) is 66.1 cm³/mol. The highest BCUT2D eigenvalue weighted by Crippen LogP contribution is 1.95. The van der Waals surface area contributed by atoms with E-state index in [0.717, 1.165) is 0 Å². The normalized spacial score (nSPS) is 10.4. The first-order valence-electron chi connectivity index (χ1n) is 5.33. The molecule has 0 aliphatic rings. The molecule has 0 atom stereocenters. The van der Waals surface area contributed by atoms with E-state index in [-0.39, 0.29) is 24.7 Å². The number of sulfone groups is 1. The first-order valence-corrected chi connectivity index (χ1v) is 7.15. The number of hydrogen-bond acceptors (Lipinski definition) is 5. The first kappa shape index (κ1) is 18.3. The number of nitrogens with zero attached hydrogens (tertiary/aromatic N) is 1. The van der Waals surface area contributed by atoms with Crippen molar-refractivity contribution in [2.24, 2.45) is 11.6 Å². The maximum absolute atomic E-state index is 11.4. The van der Waals surface area contributed by atoms with Gasteiger partial charge in [0, 0.05) is 12.1 Å². The summed E-state index contributed by atoms with van der Waals surface area (Å²) < 4.78 is 24.5. The maximum Gasteiger partial charge on any atom is 0.265 e. The Morgan fingerprint density at radius 2 is 1.80 bits per heavy atom. The lowest BCUT2D eigenvalue weighted by Crippen LogP contribution is -3.00. The second kappa shape index (κ2) is 7.78. The van der Waals surface area contributed by atoms with Crippen molar-refractivity contribution in [3.63, 3.8) is 0 Å². The summed E-state index contributed by atoms with van der Waals surface area (Å²) in [4.78, 5) is 21.7. The molecule has 0 bridgehead atoms. The zero-order chi connectivity index (χ0) is 14.5. The molecule has 0 saturated carbocycles. The van der Waals surface area contributed by atoms with Gasteiger partial charge >= 0.3 is 0 Å². The predicted octanol–water partition coefficient (Wildman–Crippen LogP) is -5.52. The fourth-order valence-electron chi connectivity index (χ4n) is 1.37. The van der Waals surface area contributed by atoms with Crippen LogP contribution in [0.5, 0.6) is 0 Å². The SMILES string of the molecule is NNC(=O)c1cc[n+](CCS(=O)(=O)CC(N)=O)cc1.[Cl-]. The summed E-state index contributed by atoms with van der Waals surface area (Å²) in [6, 6.07) is 3.01. The third-order valence-electron chi connectivity index (χ3n) is 2.31. The summed E-state index contributed by atoms with van der Waals surface area (Å²) in [6.45, 7) is 0.167. The van der Waals surface area contributed by atoms with Gasteiger partial charge in [-0.25, -0.2) is 18.8 Å². The van der Waals surface area contributed by atoms with Crippen molar-refractivity contribution in [3.8, 4) is 0 Å². The summed E-state index contributed by atoms with van der Waals surface area (Å²) >= 11 is 0. The zero-order valence-electron chi connectivity index (χ0n) is 10.5. The molecule has 1 rings (SSSR count). The Balaban J connectivity index is 0.00000361. The van der Waals surface area contributed by atoms with E-state index in [1.165, 1.54) is 12.1 Å². The highest BCUT2D eigenvalue weighted by atomic mass is 35.5. The van der Waals surface area contributed by atoms with Crippen LogP contribution in [0.3, 0.4) is 0 Å². The van der Waals surface area contributed by atoms with Gasteiger partial charge in [0.2, 0.25) is 5.91 Å². The van der Waals surface area contributed by atoms with Crippen molar-refractivity contribution >= 4 is 21.7 Å². The zero-order valence-corrected chi connectivity index (χ0v) is 12.0. The van der Waals surface area contributed by atoms with E-state index in [0.29, 0.717) is 5.56 Å². The second-order valence-electron chi connectivity index (χ2n) is 3.86. The molecule has 0 fully saturated rings. The third kappa shape index (κ3) is 5.95. The summed E-state index contributed by atoms with van der Waals surface area (Å²) in [5, 5.41) is 0. The quantitative estimate of drug-likeness (QED) is 0.208. The molecule has 0 aromatic carbocycles. The average molecular weight is 323 g/mol. The molecule has 0 aliphatic carbocycles. The van der Waals surface area contributed by atoms with E-state index in [1.807, 2.05) is 5.43 Å². The lowest BCUT2D eigenvalue weighted by atomic mass is 10.2. The molecule has 1 aromatic heterocycles. The molecule has 0 spiro atoms. The summed E-state index contributed by atoms with van der Waals surface area (Å²) in [5.74, 6) is 2.79. The van der Waals surface area contributed by atoms with Crippen molar-refractivity contribution in [1.29, 1.82) is 0 Å². The van der Waals surface area contributed by atoms with E-state index in [9.17, 15) is 18.0 Å². The van der Waals surface area contributed by atoms with E-state index >= 15 is 0 Å². The van der Waals surface area contributed by atoms with Gasteiger partial charge in [-0.05, 0) is 0 Å². The third-order valence-corrected chi connectivity index (χ3v) is 3.84. The summed E-state index contributed by atoms with van der Waals surface area (Å²) in [5.41, 5.74) is 7.18. The molecule has 8 nitrogen and oxygen atoms in total. The number of nitrogen functional groups attached to an aromatic ring is 1. The van der Waals surface area contributed by atoms with Crippen LogP contribution in [0.4, 0.5) is 0 Å².